The Kier molecular flexibility index (Phi) is 3.43. The van der Waals surface area contributed by atoms with E-state index in [1.807, 2.05) is 18.2 Å². The number of imide groups is 1. The number of aromatic nitrogens is 2. The van der Waals surface area contributed by atoms with Gasteiger partial charge in [0.15, 0.2) is 4.96 Å². The van der Waals surface area contributed by atoms with Crippen LogP contribution in [0.5, 0.6) is 0 Å². The van der Waals surface area contributed by atoms with Crippen molar-refractivity contribution in [2.24, 2.45) is 0 Å². The van der Waals surface area contributed by atoms with E-state index in [0.29, 0.717) is 16.2 Å². The fourth-order valence-electron chi connectivity index (χ4n) is 2.94. The summed E-state index contributed by atoms with van der Waals surface area (Å²) in [5.41, 5.74) is -0.273. The van der Waals surface area contributed by atoms with Gasteiger partial charge in [-0.3, -0.25) is 18.9 Å². The second-order valence-corrected chi connectivity index (χ2v) is 6.83. The SMILES string of the molecule is C[C@@]1(c2ccccc2)NC(=O)N(Cc2cc(=O)n3ccsc3n2)C1=O. The number of urea groups is 1. The Bertz CT molecular complexity index is 1040. The maximum absolute atomic E-state index is 12.9. The summed E-state index contributed by atoms with van der Waals surface area (Å²) in [5.74, 6) is -0.364. The van der Waals surface area contributed by atoms with E-state index in [9.17, 15) is 14.4 Å². The van der Waals surface area contributed by atoms with Gasteiger partial charge in [0.2, 0.25) is 0 Å². The third-order valence-corrected chi connectivity index (χ3v) is 5.06. The number of amides is 3. The minimum absolute atomic E-state index is 0.0449. The lowest BCUT2D eigenvalue weighted by atomic mass is 9.92. The van der Waals surface area contributed by atoms with Crippen molar-refractivity contribution in [1.29, 1.82) is 0 Å². The summed E-state index contributed by atoms with van der Waals surface area (Å²) in [4.78, 5) is 43.3. The fraction of sp³-hybridized carbons (Fsp3) is 0.176. The van der Waals surface area contributed by atoms with Crippen LogP contribution in [0.4, 0.5) is 4.79 Å². The molecule has 1 aliphatic heterocycles. The summed E-state index contributed by atoms with van der Waals surface area (Å²) in [7, 11) is 0. The van der Waals surface area contributed by atoms with Crippen LogP contribution in [0.3, 0.4) is 0 Å². The monoisotopic (exact) mass is 354 g/mol. The molecule has 7 nitrogen and oxygen atoms in total. The molecule has 0 unspecified atom stereocenters. The van der Waals surface area contributed by atoms with Crippen LogP contribution < -0.4 is 10.9 Å². The van der Waals surface area contributed by atoms with E-state index < -0.39 is 11.6 Å². The summed E-state index contributed by atoms with van der Waals surface area (Å²) in [6.07, 6.45) is 1.64. The van der Waals surface area contributed by atoms with E-state index in [0.717, 1.165) is 4.90 Å². The van der Waals surface area contributed by atoms with Crippen LogP contribution in [-0.2, 0) is 16.9 Å². The van der Waals surface area contributed by atoms with E-state index in [4.69, 9.17) is 0 Å². The van der Waals surface area contributed by atoms with Crippen molar-refractivity contribution >= 4 is 28.2 Å². The average Bonchev–Trinajstić information content (AvgIpc) is 3.16. The smallest absolute Gasteiger partial charge is 0.319 e. The Morgan fingerprint density at radius 3 is 2.72 bits per heavy atom. The lowest BCUT2D eigenvalue weighted by Crippen LogP contribution is -2.40. The number of hydrogen-bond donors (Lipinski definition) is 1. The number of carbonyl (C=O) groups excluding carboxylic acids is 2. The molecule has 1 fully saturated rings. The van der Waals surface area contributed by atoms with Gasteiger partial charge in [0.1, 0.15) is 5.54 Å². The molecule has 0 spiro atoms. The Labute approximate surface area is 146 Å². The van der Waals surface area contributed by atoms with Crippen molar-refractivity contribution in [1.82, 2.24) is 19.6 Å². The van der Waals surface area contributed by atoms with Crippen molar-refractivity contribution in [3.63, 3.8) is 0 Å². The number of carbonyl (C=O) groups is 2. The number of nitrogens with zero attached hydrogens (tertiary/aromatic N) is 3. The van der Waals surface area contributed by atoms with Gasteiger partial charge in [-0.1, -0.05) is 30.3 Å². The third kappa shape index (κ3) is 2.42. The van der Waals surface area contributed by atoms with E-state index in [1.165, 1.54) is 21.8 Å². The van der Waals surface area contributed by atoms with Crippen molar-refractivity contribution in [2.75, 3.05) is 0 Å². The first kappa shape index (κ1) is 15.5. The first-order valence-corrected chi connectivity index (χ1v) is 8.52. The van der Waals surface area contributed by atoms with E-state index >= 15 is 0 Å². The first-order chi connectivity index (χ1) is 12.0. The molecule has 1 N–H and O–H groups in total. The second kappa shape index (κ2) is 5.52. The topological polar surface area (TPSA) is 83.8 Å². The zero-order valence-corrected chi connectivity index (χ0v) is 14.1. The van der Waals surface area contributed by atoms with Gasteiger partial charge in [-0.05, 0) is 12.5 Å². The Morgan fingerprint density at radius 2 is 1.96 bits per heavy atom. The molecule has 1 aliphatic rings. The summed E-state index contributed by atoms with van der Waals surface area (Å²) >= 11 is 1.32. The molecule has 3 aromatic rings. The molecule has 0 bridgehead atoms. The minimum atomic E-state index is -1.12. The molecule has 8 heteroatoms. The van der Waals surface area contributed by atoms with Gasteiger partial charge in [0.25, 0.3) is 11.5 Å². The van der Waals surface area contributed by atoms with Crippen molar-refractivity contribution in [3.8, 4) is 0 Å². The van der Waals surface area contributed by atoms with Crippen LogP contribution in [0.1, 0.15) is 18.2 Å². The molecule has 25 heavy (non-hydrogen) atoms. The third-order valence-electron chi connectivity index (χ3n) is 4.30. The molecule has 4 rings (SSSR count). The van der Waals surface area contributed by atoms with Gasteiger partial charge >= 0.3 is 6.03 Å². The largest absolute Gasteiger partial charge is 0.325 e. The normalized spacial score (nSPS) is 20.3. The highest BCUT2D eigenvalue weighted by Gasteiger charge is 2.48. The van der Waals surface area contributed by atoms with Crippen molar-refractivity contribution < 1.29 is 9.59 Å². The summed E-state index contributed by atoms with van der Waals surface area (Å²) < 4.78 is 1.42. The standard InChI is InChI=1S/C17H14N4O3S/c1-17(11-5-3-2-4-6-11)14(23)21(15(24)19-17)10-12-9-13(22)20-7-8-25-16(20)18-12/h2-9H,10H2,1H3,(H,19,24)/t17-/m0/s1. The quantitative estimate of drug-likeness (QED) is 0.726. The fourth-order valence-corrected chi connectivity index (χ4v) is 3.68. The number of fused-ring (bicyclic) bond motifs is 1. The molecule has 3 amide bonds. The number of nitrogens with one attached hydrogen (secondary N) is 1. The van der Waals surface area contributed by atoms with Crippen LogP contribution in [0.2, 0.25) is 0 Å². The number of benzene rings is 1. The molecule has 126 valence electrons. The van der Waals surface area contributed by atoms with Gasteiger partial charge < -0.3 is 5.32 Å². The highest BCUT2D eigenvalue weighted by molar-refractivity contribution is 7.15. The van der Waals surface area contributed by atoms with Gasteiger partial charge in [-0.2, -0.15) is 0 Å². The zero-order valence-electron chi connectivity index (χ0n) is 13.3. The van der Waals surface area contributed by atoms with Gasteiger partial charge in [-0.15, -0.1) is 11.3 Å². The molecular formula is C17H14N4O3S. The second-order valence-electron chi connectivity index (χ2n) is 5.95. The Morgan fingerprint density at radius 1 is 1.20 bits per heavy atom. The summed E-state index contributed by atoms with van der Waals surface area (Å²) in [6.45, 7) is 1.63. The van der Waals surface area contributed by atoms with E-state index in [-0.39, 0.29) is 18.0 Å². The molecule has 3 heterocycles. The summed E-state index contributed by atoms with van der Waals surface area (Å²) in [6, 6.07) is 9.92. The van der Waals surface area contributed by atoms with Crippen LogP contribution in [0.25, 0.3) is 4.96 Å². The van der Waals surface area contributed by atoms with E-state index in [1.54, 1.807) is 30.6 Å². The predicted octanol–water partition coefficient (Wildman–Crippen LogP) is 1.72. The molecule has 1 aromatic carbocycles. The predicted molar refractivity (Wildman–Crippen MR) is 92.2 cm³/mol. The lowest BCUT2D eigenvalue weighted by molar-refractivity contribution is -0.131. The van der Waals surface area contributed by atoms with Crippen LogP contribution in [0, 0.1) is 0 Å². The maximum atomic E-state index is 12.9. The van der Waals surface area contributed by atoms with Crippen LogP contribution in [-0.4, -0.2) is 26.2 Å². The lowest BCUT2D eigenvalue weighted by Gasteiger charge is -2.22. The molecule has 0 aliphatic carbocycles. The van der Waals surface area contributed by atoms with Gasteiger partial charge in [-0.25, -0.2) is 9.78 Å². The van der Waals surface area contributed by atoms with E-state index in [2.05, 4.69) is 10.3 Å². The molecular weight excluding hydrogens is 340 g/mol. The highest BCUT2D eigenvalue weighted by Crippen LogP contribution is 2.29. The Hall–Kier alpha value is -3.00. The molecule has 0 saturated carbocycles. The van der Waals surface area contributed by atoms with Crippen molar-refractivity contribution in [3.05, 3.63) is 69.6 Å². The van der Waals surface area contributed by atoms with Gasteiger partial charge in [0, 0.05) is 17.6 Å². The minimum Gasteiger partial charge on any atom is -0.319 e. The highest BCUT2D eigenvalue weighted by atomic mass is 32.1. The molecule has 0 radical (unpaired) electrons. The zero-order chi connectivity index (χ0) is 17.6. The molecule has 1 saturated heterocycles. The van der Waals surface area contributed by atoms with Crippen molar-refractivity contribution in [2.45, 2.75) is 19.0 Å². The number of thiazole rings is 1. The first-order valence-electron chi connectivity index (χ1n) is 7.64. The van der Waals surface area contributed by atoms with Crippen LogP contribution in [0.15, 0.2) is 52.8 Å². The number of rotatable bonds is 3. The molecule has 1 atom stereocenters. The maximum Gasteiger partial charge on any atom is 0.325 e. The van der Waals surface area contributed by atoms with Gasteiger partial charge in [0.05, 0.1) is 12.2 Å². The summed E-state index contributed by atoms with van der Waals surface area (Å²) in [5, 5.41) is 4.50. The van der Waals surface area contributed by atoms with Crippen LogP contribution >= 0.6 is 11.3 Å². The number of hydrogen-bond acceptors (Lipinski definition) is 5. The molecule has 2 aromatic heterocycles. The Balaban J connectivity index is 1.67. The average molecular weight is 354 g/mol.